The van der Waals surface area contributed by atoms with Crippen LogP contribution in [0.5, 0.6) is 5.75 Å². The van der Waals surface area contributed by atoms with Crippen LogP contribution in [0.4, 0.5) is 15.1 Å². The maximum absolute atomic E-state index is 13.0. The molecule has 1 fully saturated rings. The molecule has 7 nitrogen and oxygen atoms in total. The summed E-state index contributed by atoms with van der Waals surface area (Å²) < 4.78 is 18.4. The van der Waals surface area contributed by atoms with Crippen molar-refractivity contribution in [3.63, 3.8) is 0 Å². The lowest BCUT2D eigenvalue weighted by Gasteiger charge is -2.34. The Balaban J connectivity index is 1.38. The summed E-state index contributed by atoms with van der Waals surface area (Å²) in [5.74, 6) is 0.645. The number of carbonyl (C=O) groups is 1. The highest BCUT2D eigenvalue weighted by molar-refractivity contribution is 6.32. The molecule has 2 amide bonds. The van der Waals surface area contributed by atoms with Crippen molar-refractivity contribution in [2.24, 2.45) is 0 Å². The SMILES string of the molecule is O=C(NCCOc1ccc(F)cc1Cl)N1CCN(c2ncccn2)CC1. The first-order valence-corrected chi connectivity index (χ1v) is 8.64. The van der Waals surface area contributed by atoms with Crippen molar-refractivity contribution in [3.8, 4) is 5.75 Å². The smallest absolute Gasteiger partial charge is 0.317 e. The average molecular weight is 380 g/mol. The van der Waals surface area contributed by atoms with E-state index in [4.69, 9.17) is 16.3 Å². The fourth-order valence-electron chi connectivity index (χ4n) is 2.59. The van der Waals surface area contributed by atoms with Crippen molar-refractivity contribution in [3.05, 3.63) is 47.5 Å². The van der Waals surface area contributed by atoms with Crippen LogP contribution in [0.15, 0.2) is 36.7 Å². The Hall–Kier alpha value is -2.61. The largest absolute Gasteiger partial charge is 0.490 e. The van der Waals surface area contributed by atoms with Crippen LogP contribution in [0.3, 0.4) is 0 Å². The number of halogens is 2. The normalized spacial score (nSPS) is 14.2. The Morgan fingerprint density at radius 2 is 1.96 bits per heavy atom. The van der Waals surface area contributed by atoms with Gasteiger partial charge < -0.3 is 19.9 Å². The molecule has 2 heterocycles. The number of rotatable bonds is 5. The highest BCUT2D eigenvalue weighted by atomic mass is 35.5. The number of amides is 2. The average Bonchev–Trinajstić information content (AvgIpc) is 2.67. The van der Waals surface area contributed by atoms with E-state index in [0.717, 1.165) is 0 Å². The topological polar surface area (TPSA) is 70.6 Å². The fourth-order valence-corrected chi connectivity index (χ4v) is 2.81. The molecular weight excluding hydrogens is 361 g/mol. The Labute approximate surface area is 155 Å². The van der Waals surface area contributed by atoms with E-state index in [1.807, 2.05) is 4.90 Å². The number of nitrogens with zero attached hydrogens (tertiary/aromatic N) is 4. The van der Waals surface area contributed by atoms with E-state index < -0.39 is 5.82 Å². The standard InChI is InChI=1S/C17H19ClFN5O2/c18-14-12-13(19)2-3-15(14)26-11-6-22-17(25)24-9-7-23(8-10-24)16-20-4-1-5-21-16/h1-5,12H,6-11H2,(H,22,25). The summed E-state index contributed by atoms with van der Waals surface area (Å²) in [4.78, 5) is 24.4. The van der Waals surface area contributed by atoms with Crippen LogP contribution in [0.25, 0.3) is 0 Å². The Morgan fingerprint density at radius 1 is 1.23 bits per heavy atom. The van der Waals surface area contributed by atoms with Gasteiger partial charge in [0.2, 0.25) is 5.95 Å². The Morgan fingerprint density at radius 3 is 2.65 bits per heavy atom. The molecule has 0 unspecified atom stereocenters. The molecule has 3 rings (SSSR count). The number of hydrogen-bond acceptors (Lipinski definition) is 5. The number of piperazine rings is 1. The zero-order chi connectivity index (χ0) is 18.4. The third kappa shape index (κ3) is 4.72. The van der Waals surface area contributed by atoms with Crippen molar-refractivity contribution < 1.29 is 13.9 Å². The summed E-state index contributed by atoms with van der Waals surface area (Å²) in [7, 11) is 0. The van der Waals surface area contributed by atoms with E-state index in [-0.39, 0.29) is 17.7 Å². The number of benzene rings is 1. The zero-order valence-corrected chi connectivity index (χ0v) is 14.8. The summed E-state index contributed by atoms with van der Waals surface area (Å²) in [5.41, 5.74) is 0. The number of aromatic nitrogens is 2. The van der Waals surface area contributed by atoms with Crippen LogP contribution in [0.1, 0.15) is 0 Å². The van der Waals surface area contributed by atoms with Crippen LogP contribution in [0.2, 0.25) is 5.02 Å². The number of nitrogens with one attached hydrogen (secondary N) is 1. The highest BCUT2D eigenvalue weighted by Gasteiger charge is 2.22. The third-order valence-corrected chi connectivity index (χ3v) is 4.23. The summed E-state index contributed by atoms with van der Waals surface area (Å²) in [6.45, 7) is 3.12. The van der Waals surface area contributed by atoms with Gasteiger partial charge in [-0.05, 0) is 24.3 Å². The molecular formula is C17H19ClFN5O2. The summed E-state index contributed by atoms with van der Waals surface area (Å²) >= 11 is 5.88. The van der Waals surface area contributed by atoms with Gasteiger partial charge in [-0.2, -0.15) is 0 Å². The molecule has 1 saturated heterocycles. The number of urea groups is 1. The van der Waals surface area contributed by atoms with Gasteiger partial charge in [0.25, 0.3) is 0 Å². The van der Waals surface area contributed by atoms with Crippen LogP contribution in [-0.2, 0) is 0 Å². The van der Waals surface area contributed by atoms with Gasteiger partial charge in [0.15, 0.2) is 0 Å². The minimum atomic E-state index is -0.421. The molecule has 138 valence electrons. The minimum Gasteiger partial charge on any atom is -0.490 e. The van der Waals surface area contributed by atoms with E-state index in [1.54, 1.807) is 23.4 Å². The van der Waals surface area contributed by atoms with Gasteiger partial charge in [0.1, 0.15) is 18.2 Å². The second-order valence-corrected chi connectivity index (χ2v) is 6.09. The molecule has 0 bridgehead atoms. The van der Waals surface area contributed by atoms with E-state index >= 15 is 0 Å². The molecule has 1 aliphatic rings. The summed E-state index contributed by atoms with van der Waals surface area (Å²) in [5, 5.41) is 3.01. The van der Waals surface area contributed by atoms with Crippen LogP contribution >= 0.6 is 11.6 Å². The lowest BCUT2D eigenvalue weighted by molar-refractivity contribution is 0.191. The van der Waals surface area contributed by atoms with Gasteiger partial charge in [-0.1, -0.05) is 11.6 Å². The lowest BCUT2D eigenvalue weighted by Crippen LogP contribution is -2.52. The highest BCUT2D eigenvalue weighted by Crippen LogP contribution is 2.24. The third-order valence-electron chi connectivity index (χ3n) is 3.93. The molecule has 1 aromatic carbocycles. The van der Waals surface area contributed by atoms with Crippen molar-refractivity contribution in [2.75, 3.05) is 44.2 Å². The maximum atomic E-state index is 13.0. The van der Waals surface area contributed by atoms with Crippen LogP contribution in [-0.4, -0.2) is 60.2 Å². The second-order valence-electron chi connectivity index (χ2n) is 5.68. The number of carbonyl (C=O) groups excluding carboxylic acids is 1. The van der Waals surface area contributed by atoms with Crippen molar-refractivity contribution in [1.82, 2.24) is 20.2 Å². The van der Waals surface area contributed by atoms with Gasteiger partial charge in [-0.3, -0.25) is 0 Å². The molecule has 0 atom stereocenters. The van der Waals surface area contributed by atoms with Crippen molar-refractivity contribution >= 4 is 23.6 Å². The molecule has 26 heavy (non-hydrogen) atoms. The first-order valence-electron chi connectivity index (χ1n) is 8.26. The predicted octanol–water partition coefficient (Wildman–Crippen LogP) is 2.18. The van der Waals surface area contributed by atoms with Gasteiger partial charge >= 0.3 is 6.03 Å². The minimum absolute atomic E-state index is 0.146. The van der Waals surface area contributed by atoms with E-state index in [2.05, 4.69) is 15.3 Å². The molecule has 0 spiro atoms. The van der Waals surface area contributed by atoms with Crippen molar-refractivity contribution in [1.29, 1.82) is 0 Å². The maximum Gasteiger partial charge on any atom is 0.317 e. The zero-order valence-electron chi connectivity index (χ0n) is 14.1. The van der Waals surface area contributed by atoms with Gasteiger partial charge in [-0.15, -0.1) is 0 Å². The number of anilines is 1. The molecule has 1 aromatic heterocycles. The van der Waals surface area contributed by atoms with E-state index in [0.29, 0.717) is 44.4 Å². The van der Waals surface area contributed by atoms with Crippen molar-refractivity contribution in [2.45, 2.75) is 0 Å². The number of ether oxygens (including phenoxy) is 1. The Kier molecular flexibility index (Phi) is 6.06. The van der Waals surface area contributed by atoms with Crippen LogP contribution in [0, 0.1) is 5.82 Å². The lowest BCUT2D eigenvalue weighted by atomic mass is 10.3. The van der Waals surface area contributed by atoms with Gasteiger partial charge in [-0.25, -0.2) is 19.2 Å². The summed E-state index contributed by atoms with van der Waals surface area (Å²) in [6, 6.07) is 5.55. The molecule has 9 heteroatoms. The van der Waals surface area contributed by atoms with E-state index in [1.165, 1.54) is 18.2 Å². The van der Waals surface area contributed by atoms with Gasteiger partial charge in [0, 0.05) is 38.6 Å². The molecule has 0 radical (unpaired) electrons. The first-order chi connectivity index (χ1) is 12.6. The molecule has 0 aliphatic carbocycles. The van der Waals surface area contributed by atoms with Crippen LogP contribution < -0.4 is 15.0 Å². The number of hydrogen-bond donors (Lipinski definition) is 1. The molecule has 0 saturated carbocycles. The molecule has 2 aromatic rings. The predicted molar refractivity (Wildman–Crippen MR) is 96.1 cm³/mol. The fraction of sp³-hybridized carbons (Fsp3) is 0.353. The molecule has 1 aliphatic heterocycles. The monoisotopic (exact) mass is 379 g/mol. The second kappa shape index (κ2) is 8.66. The molecule has 1 N–H and O–H groups in total. The Bertz CT molecular complexity index is 741. The van der Waals surface area contributed by atoms with E-state index in [9.17, 15) is 9.18 Å². The van der Waals surface area contributed by atoms with Gasteiger partial charge in [0.05, 0.1) is 11.6 Å². The first kappa shape index (κ1) is 18.2. The quantitative estimate of drug-likeness (QED) is 0.806. The summed E-state index contributed by atoms with van der Waals surface area (Å²) in [6.07, 6.45) is 3.41.